The zero-order valence-corrected chi connectivity index (χ0v) is 11.8. The van der Waals surface area contributed by atoms with Crippen molar-refractivity contribution < 1.29 is 0 Å². The molecule has 0 heterocycles. The lowest BCUT2D eigenvalue weighted by molar-refractivity contribution is 1.35. The maximum atomic E-state index is 3.69. The highest BCUT2D eigenvalue weighted by atomic mass is 14.0. The minimum atomic E-state index is 1.26. The Morgan fingerprint density at radius 3 is 2.50 bits per heavy atom. The molecule has 1 rings (SSSR count). The molecule has 0 nitrogen and oxygen atoms in total. The van der Waals surface area contributed by atoms with Gasteiger partial charge >= 0.3 is 0 Å². The second-order valence-electron chi connectivity index (χ2n) is 4.47. The fourth-order valence-corrected chi connectivity index (χ4v) is 1.83. The van der Waals surface area contributed by atoms with Gasteiger partial charge in [-0.3, -0.25) is 0 Å². The Labute approximate surface area is 110 Å². The van der Waals surface area contributed by atoms with E-state index in [0.717, 1.165) is 0 Å². The molecule has 0 saturated carbocycles. The van der Waals surface area contributed by atoms with Gasteiger partial charge in [0.15, 0.2) is 0 Å². The van der Waals surface area contributed by atoms with E-state index in [1.165, 1.54) is 27.1 Å². The van der Waals surface area contributed by atoms with Crippen LogP contribution in [0.2, 0.25) is 0 Å². The number of hydrogen-bond acceptors (Lipinski definition) is 0. The lowest BCUT2D eigenvalue weighted by Crippen LogP contribution is -2.26. The van der Waals surface area contributed by atoms with Gasteiger partial charge in [0.05, 0.1) is 0 Å². The summed E-state index contributed by atoms with van der Waals surface area (Å²) < 4.78 is 0. The molecule has 0 fully saturated rings. The molecule has 18 heavy (non-hydrogen) atoms. The molecule has 0 saturated heterocycles. The Morgan fingerprint density at radius 1 is 1.17 bits per heavy atom. The van der Waals surface area contributed by atoms with E-state index >= 15 is 0 Å². The number of hydrogen-bond donors (Lipinski definition) is 0. The Balaban J connectivity index is 3.60. The first-order valence-electron chi connectivity index (χ1n) is 6.30. The summed E-state index contributed by atoms with van der Waals surface area (Å²) in [6.45, 7) is 12.2. The van der Waals surface area contributed by atoms with Crippen molar-refractivity contribution in [2.45, 2.75) is 27.7 Å². The van der Waals surface area contributed by atoms with E-state index in [-0.39, 0.29) is 0 Å². The van der Waals surface area contributed by atoms with Crippen molar-refractivity contribution >= 4 is 11.6 Å². The number of allylic oxidation sites excluding steroid dienone is 5. The molecule has 0 N–H and O–H groups in total. The van der Waals surface area contributed by atoms with E-state index in [1.807, 2.05) is 12.2 Å². The molecule has 0 bridgehead atoms. The predicted octanol–water partition coefficient (Wildman–Crippen LogP) is 3.65. The van der Waals surface area contributed by atoms with Gasteiger partial charge in [-0.2, -0.15) is 0 Å². The molecule has 0 spiro atoms. The summed E-state index contributed by atoms with van der Waals surface area (Å²) in [6, 6.07) is 6.58. The van der Waals surface area contributed by atoms with Crippen LogP contribution in [-0.4, -0.2) is 0 Å². The molecule has 0 heteroatoms. The van der Waals surface area contributed by atoms with Crippen molar-refractivity contribution in [2.75, 3.05) is 0 Å². The van der Waals surface area contributed by atoms with Crippen molar-refractivity contribution in [3.8, 4) is 0 Å². The first kappa shape index (κ1) is 14.2. The topological polar surface area (TPSA) is 0 Å². The van der Waals surface area contributed by atoms with Crippen LogP contribution in [-0.2, 0) is 0 Å². The first-order valence-corrected chi connectivity index (χ1v) is 6.30. The highest BCUT2D eigenvalue weighted by Crippen LogP contribution is 2.05. The monoisotopic (exact) mass is 238 g/mol. The van der Waals surface area contributed by atoms with Crippen LogP contribution in [0.4, 0.5) is 0 Å². The summed E-state index contributed by atoms with van der Waals surface area (Å²) in [5.41, 5.74) is 3.93. The SMILES string of the molecule is C=C/C=C/C=c1/cc(C)cc/c1=C(C)/C(C)=C/C. The van der Waals surface area contributed by atoms with E-state index in [4.69, 9.17) is 0 Å². The predicted molar refractivity (Wildman–Crippen MR) is 82.7 cm³/mol. The van der Waals surface area contributed by atoms with Crippen LogP contribution >= 0.6 is 0 Å². The number of benzene rings is 1. The van der Waals surface area contributed by atoms with Crippen molar-refractivity contribution in [1.29, 1.82) is 0 Å². The van der Waals surface area contributed by atoms with Gasteiger partial charge in [-0.05, 0) is 43.7 Å². The van der Waals surface area contributed by atoms with Crippen LogP contribution in [0.1, 0.15) is 26.3 Å². The summed E-state index contributed by atoms with van der Waals surface area (Å²) in [7, 11) is 0. The van der Waals surface area contributed by atoms with Gasteiger partial charge in [0.1, 0.15) is 0 Å². The van der Waals surface area contributed by atoms with Gasteiger partial charge in [0.25, 0.3) is 0 Å². The van der Waals surface area contributed by atoms with Crippen LogP contribution in [0.3, 0.4) is 0 Å². The van der Waals surface area contributed by atoms with Crippen molar-refractivity contribution in [3.63, 3.8) is 0 Å². The van der Waals surface area contributed by atoms with E-state index in [0.29, 0.717) is 0 Å². The quantitative estimate of drug-likeness (QED) is 0.705. The molecule has 0 atom stereocenters. The van der Waals surface area contributed by atoms with E-state index in [9.17, 15) is 0 Å². The molecule has 0 aliphatic heterocycles. The van der Waals surface area contributed by atoms with E-state index < -0.39 is 0 Å². The third-order valence-electron chi connectivity index (χ3n) is 3.16. The first-order chi connectivity index (χ1) is 8.60. The van der Waals surface area contributed by atoms with Crippen LogP contribution in [0.5, 0.6) is 0 Å². The summed E-state index contributed by atoms with van der Waals surface area (Å²) >= 11 is 0. The van der Waals surface area contributed by atoms with Crippen LogP contribution in [0.15, 0.2) is 54.7 Å². The zero-order valence-electron chi connectivity index (χ0n) is 11.8. The second-order valence-corrected chi connectivity index (χ2v) is 4.47. The standard InChI is InChI=1S/C18H22/c1-6-8-9-10-17-13-14(3)11-12-18(17)16(5)15(4)7-2/h6-13H,1H2,2-5H3/b9-8+,15-7+,17-10-,18-16-. The normalized spacial score (nSPS) is 15.1. The largest absolute Gasteiger partial charge is 0.0991 e. The number of rotatable bonds is 3. The highest BCUT2D eigenvalue weighted by Gasteiger charge is 1.95. The van der Waals surface area contributed by atoms with Gasteiger partial charge in [-0.15, -0.1) is 0 Å². The zero-order chi connectivity index (χ0) is 13.5. The second kappa shape index (κ2) is 6.80. The lowest BCUT2D eigenvalue weighted by atomic mass is 10.0. The van der Waals surface area contributed by atoms with Crippen LogP contribution in [0.25, 0.3) is 11.6 Å². The molecule has 0 unspecified atom stereocenters. The molecular formula is C18H22. The number of aryl methyl sites for hydroxylation is 1. The molecule has 0 aromatic heterocycles. The summed E-state index contributed by atoms with van der Waals surface area (Å²) in [6.07, 6.45) is 10.1. The Kier molecular flexibility index (Phi) is 5.38. The Morgan fingerprint density at radius 2 is 1.89 bits per heavy atom. The lowest BCUT2D eigenvalue weighted by Gasteiger charge is -2.02. The minimum absolute atomic E-state index is 1.26. The molecule has 1 aromatic carbocycles. The fourth-order valence-electron chi connectivity index (χ4n) is 1.83. The van der Waals surface area contributed by atoms with Crippen LogP contribution < -0.4 is 10.4 Å². The Hall–Kier alpha value is -1.82. The molecule has 0 amide bonds. The van der Waals surface area contributed by atoms with Gasteiger partial charge in [-0.1, -0.05) is 66.3 Å². The highest BCUT2D eigenvalue weighted by molar-refractivity contribution is 5.61. The molecule has 0 aliphatic carbocycles. The molecule has 1 aromatic rings. The third-order valence-corrected chi connectivity index (χ3v) is 3.16. The maximum absolute atomic E-state index is 3.69. The van der Waals surface area contributed by atoms with Gasteiger partial charge < -0.3 is 0 Å². The van der Waals surface area contributed by atoms with Crippen molar-refractivity contribution in [2.24, 2.45) is 0 Å². The average Bonchev–Trinajstić information content (AvgIpc) is 2.37. The minimum Gasteiger partial charge on any atom is -0.0991 e. The third kappa shape index (κ3) is 3.59. The summed E-state index contributed by atoms with van der Waals surface area (Å²) in [5, 5.41) is 2.55. The van der Waals surface area contributed by atoms with E-state index in [2.05, 4.69) is 64.6 Å². The molecule has 0 aliphatic rings. The van der Waals surface area contributed by atoms with Gasteiger partial charge in [0, 0.05) is 0 Å². The van der Waals surface area contributed by atoms with E-state index in [1.54, 1.807) is 6.08 Å². The molecular weight excluding hydrogens is 216 g/mol. The van der Waals surface area contributed by atoms with Crippen molar-refractivity contribution in [1.82, 2.24) is 0 Å². The Bertz CT molecular complexity index is 595. The fraction of sp³-hybridized carbons (Fsp3) is 0.222. The van der Waals surface area contributed by atoms with Crippen LogP contribution in [0, 0.1) is 6.92 Å². The average molecular weight is 238 g/mol. The summed E-state index contributed by atoms with van der Waals surface area (Å²) in [4.78, 5) is 0. The molecule has 0 radical (unpaired) electrons. The summed E-state index contributed by atoms with van der Waals surface area (Å²) in [5.74, 6) is 0. The molecule has 94 valence electrons. The van der Waals surface area contributed by atoms with Gasteiger partial charge in [-0.25, -0.2) is 0 Å². The smallest absolute Gasteiger partial charge is 0.0152 e. The van der Waals surface area contributed by atoms with Gasteiger partial charge in [0.2, 0.25) is 0 Å². The van der Waals surface area contributed by atoms with Crippen molar-refractivity contribution in [3.05, 3.63) is 70.7 Å². The maximum Gasteiger partial charge on any atom is -0.0152 e.